The van der Waals surface area contributed by atoms with Crippen LogP contribution in [-0.4, -0.2) is 37.0 Å². The lowest BCUT2D eigenvalue weighted by molar-refractivity contribution is -0.180. The smallest absolute Gasteiger partial charge is 0.228 e. The molecule has 4 saturated carbocycles. The highest BCUT2D eigenvalue weighted by Crippen LogP contribution is 2.69. The Hall–Kier alpha value is -0.280. The van der Waals surface area contributed by atoms with Gasteiger partial charge in [-0.1, -0.05) is 13.8 Å². The van der Waals surface area contributed by atoms with Crippen LogP contribution in [0.1, 0.15) is 65.2 Å². The number of hydrogen-bond acceptors (Lipinski definition) is 2. The minimum Gasteiger partial charge on any atom is -0.342 e. The summed E-state index contributed by atoms with van der Waals surface area (Å²) in [7, 11) is 2.04. The topological polar surface area (TPSA) is 32.3 Å². The Kier molecular flexibility index (Phi) is 4.29. The molecule has 132 valence electrons. The SMILES string of the molecule is CNC1CCN(C(=O)C23CC4CC(C)(CC(C)(C4)C2)C3)CC1.Cl. The zero-order valence-corrected chi connectivity index (χ0v) is 15.8. The first-order valence-corrected chi connectivity index (χ1v) is 9.32. The molecule has 0 aromatic heterocycles. The van der Waals surface area contributed by atoms with Gasteiger partial charge in [-0.25, -0.2) is 0 Å². The van der Waals surface area contributed by atoms with Gasteiger partial charge < -0.3 is 10.2 Å². The van der Waals surface area contributed by atoms with Crippen molar-refractivity contribution < 1.29 is 4.79 Å². The van der Waals surface area contributed by atoms with E-state index in [4.69, 9.17) is 0 Å². The molecule has 0 radical (unpaired) electrons. The van der Waals surface area contributed by atoms with E-state index in [0.29, 0.717) is 22.8 Å². The maximum Gasteiger partial charge on any atom is 0.228 e. The second kappa shape index (κ2) is 5.62. The summed E-state index contributed by atoms with van der Waals surface area (Å²) in [5.74, 6) is 1.33. The van der Waals surface area contributed by atoms with Gasteiger partial charge in [-0.05, 0) is 75.2 Å². The third kappa shape index (κ3) is 2.82. The van der Waals surface area contributed by atoms with Crippen molar-refractivity contribution in [1.29, 1.82) is 0 Å². The summed E-state index contributed by atoms with van der Waals surface area (Å²) in [5, 5.41) is 3.37. The number of nitrogens with zero attached hydrogens (tertiary/aromatic N) is 1. The van der Waals surface area contributed by atoms with Gasteiger partial charge in [0.2, 0.25) is 5.91 Å². The van der Waals surface area contributed by atoms with Gasteiger partial charge in [-0.2, -0.15) is 0 Å². The van der Waals surface area contributed by atoms with E-state index in [1.165, 1.54) is 25.7 Å². The maximum atomic E-state index is 13.4. The van der Waals surface area contributed by atoms with Crippen molar-refractivity contribution in [3.8, 4) is 0 Å². The molecule has 23 heavy (non-hydrogen) atoms. The van der Waals surface area contributed by atoms with Gasteiger partial charge in [0.05, 0.1) is 5.41 Å². The zero-order valence-electron chi connectivity index (χ0n) is 15.0. The van der Waals surface area contributed by atoms with Gasteiger partial charge in [-0.3, -0.25) is 4.79 Å². The number of carbonyl (C=O) groups is 1. The Morgan fingerprint density at radius 1 is 1.00 bits per heavy atom. The number of hydrogen-bond donors (Lipinski definition) is 1. The van der Waals surface area contributed by atoms with Crippen LogP contribution < -0.4 is 5.32 Å². The number of likely N-dealkylation sites (tertiary alicyclic amines) is 1. The molecule has 2 atom stereocenters. The normalized spacial score (nSPS) is 45.9. The average molecular weight is 341 g/mol. The standard InChI is InChI=1S/C19H32N2O.ClH/c1-17-8-14-9-18(2,11-17)13-19(10-14,12-17)16(22)21-6-4-15(20-3)5-7-21;/h14-15,20H,4-13H2,1-3H3;1H. The van der Waals surface area contributed by atoms with Gasteiger partial charge in [0.15, 0.2) is 0 Å². The largest absolute Gasteiger partial charge is 0.342 e. The van der Waals surface area contributed by atoms with E-state index in [0.717, 1.165) is 44.7 Å². The van der Waals surface area contributed by atoms with Crippen LogP contribution in [0.5, 0.6) is 0 Å². The van der Waals surface area contributed by atoms with Crippen molar-refractivity contribution >= 4 is 18.3 Å². The van der Waals surface area contributed by atoms with E-state index >= 15 is 0 Å². The van der Waals surface area contributed by atoms with Crippen molar-refractivity contribution in [1.82, 2.24) is 10.2 Å². The Morgan fingerprint density at radius 2 is 1.57 bits per heavy atom. The van der Waals surface area contributed by atoms with E-state index in [2.05, 4.69) is 24.1 Å². The van der Waals surface area contributed by atoms with E-state index in [9.17, 15) is 4.79 Å². The van der Waals surface area contributed by atoms with Crippen molar-refractivity contribution in [2.24, 2.45) is 22.2 Å². The Balaban J connectivity index is 0.00000156. The number of nitrogens with one attached hydrogen (secondary N) is 1. The highest BCUT2D eigenvalue weighted by atomic mass is 35.5. The van der Waals surface area contributed by atoms with Crippen LogP contribution in [0.25, 0.3) is 0 Å². The lowest BCUT2D eigenvalue weighted by atomic mass is 9.40. The Labute approximate surface area is 147 Å². The fraction of sp³-hybridized carbons (Fsp3) is 0.947. The van der Waals surface area contributed by atoms with Crippen molar-refractivity contribution in [3.63, 3.8) is 0 Å². The number of rotatable bonds is 2. The minimum absolute atomic E-state index is 0. The second-order valence-corrected chi connectivity index (χ2v) is 9.77. The molecule has 1 amide bonds. The summed E-state index contributed by atoms with van der Waals surface area (Å²) in [6.07, 6.45) is 9.86. The Morgan fingerprint density at radius 3 is 2.04 bits per heavy atom. The average Bonchev–Trinajstić information content (AvgIpc) is 2.43. The molecule has 1 heterocycles. The Bertz CT molecular complexity index is 468. The van der Waals surface area contributed by atoms with Gasteiger partial charge in [0.1, 0.15) is 0 Å². The van der Waals surface area contributed by atoms with Crippen LogP contribution >= 0.6 is 12.4 Å². The molecule has 0 spiro atoms. The quantitative estimate of drug-likeness (QED) is 0.832. The molecule has 4 heteroatoms. The summed E-state index contributed by atoms with van der Waals surface area (Å²) in [4.78, 5) is 15.7. The molecule has 5 rings (SSSR count). The molecule has 0 aromatic rings. The van der Waals surface area contributed by atoms with E-state index in [1.807, 2.05) is 7.05 Å². The third-order valence-corrected chi connectivity index (χ3v) is 7.27. The van der Waals surface area contributed by atoms with Crippen molar-refractivity contribution in [2.75, 3.05) is 20.1 Å². The van der Waals surface area contributed by atoms with Gasteiger partial charge in [0, 0.05) is 19.1 Å². The highest BCUT2D eigenvalue weighted by molar-refractivity contribution is 5.85. The lowest BCUT2D eigenvalue weighted by Gasteiger charge is -2.65. The molecule has 4 bridgehead atoms. The van der Waals surface area contributed by atoms with Crippen LogP contribution in [0.3, 0.4) is 0 Å². The molecular formula is C19H33ClN2O. The molecule has 5 fully saturated rings. The number of amides is 1. The van der Waals surface area contributed by atoms with Crippen molar-refractivity contribution in [3.05, 3.63) is 0 Å². The van der Waals surface area contributed by atoms with E-state index in [1.54, 1.807) is 0 Å². The van der Waals surface area contributed by atoms with Gasteiger partial charge in [-0.15, -0.1) is 12.4 Å². The number of carbonyl (C=O) groups excluding carboxylic acids is 1. The molecule has 1 N–H and O–H groups in total. The summed E-state index contributed by atoms with van der Waals surface area (Å²) in [6.45, 7) is 6.85. The summed E-state index contributed by atoms with van der Waals surface area (Å²) in [6, 6.07) is 0.607. The molecule has 5 aliphatic rings. The molecule has 3 nitrogen and oxygen atoms in total. The fourth-order valence-corrected chi connectivity index (χ4v) is 7.39. The van der Waals surface area contributed by atoms with Crippen LogP contribution in [0, 0.1) is 22.2 Å². The maximum absolute atomic E-state index is 13.4. The number of halogens is 1. The molecule has 4 aliphatic carbocycles. The zero-order chi connectivity index (χ0) is 15.6. The first-order chi connectivity index (χ1) is 10.4. The van der Waals surface area contributed by atoms with Gasteiger partial charge in [0.25, 0.3) is 0 Å². The lowest BCUT2D eigenvalue weighted by Crippen LogP contribution is -2.61. The molecule has 1 saturated heterocycles. The van der Waals surface area contributed by atoms with Gasteiger partial charge >= 0.3 is 0 Å². The molecular weight excluding hydrogens is 308 g/mol. The molecule has 0 aromatic carbocycles. The van der Waals surface area contributed by atoms with Crippen molar-refractivity contribution in [2.45, 2.75) is 71.3 Å². The highest BCUT2D eigenvalue weighted by Gasteiger charge is 2.63. The first-order valence-electron chi connectivity index (χ1n) is 9.32. The monoisotopic (exact) mass is 340 g/mol. The predicted octanol–water partition coefficient (Wildman–Crippen LogP) is 3.62. The number of piperidine rings is 1. The summed E-state index contributed by atoms with van der Waals surface area (Å²) < 4.78 is 0. The summed E-state index contributed by atoms with van der Waals surface area (Å²) >= 11 is 0. The van der Waals surface area contributed by atoms with Crippen LogP contribution in [0.2, 0.25) is 0 Å². The van der Waals surface area contributed by atoms with Crippen LogP contribution in [0.15, 0.2) is 0 Å². The van der Waals surface area contributed by atoms with Crippen LogP contribution in [-0.2, 0) is 4.79 Å². The molecule has 2 unspecified atom stereocenters. The fourth-order valence-electron chi connectivity index (χ4n) is 7.39. The predicted molar refractivity (Wildman–Crippen MR) is 95.7 cm³/mol. The first kappa shape index (κ1) is 17.5. The molecule has 1 aliphatic heterocycles. The summed E-state index contributed by atoms with van der Waals surface area (Å²) in [5.41, 5.74) is 0.871. The third-order valence-electron chi connectivity index (χ3n) is 7.27. The second-order valence-electron chi connectivity index (χ2n) is 9.77. The van der Waals surface area contributed by atoms with Crippen LogP contribution in [0.4, 0.5) is 0 Å². The van der Waals surface area contributed by atoms with E-state index < -0.39 is 0 Å². The van der Waals surface area contributed by atoms with E-state index in [-0.39, 0.29) is 17.8 Å². The minimum atomic E-state index is -0.00457.